The molecule has 0 saturated heterocycles. The van der Waals surface area contributed by atoms with Crippen LogP contribution in [0, 0.1) is 11.3 Å². The van der Waals surface area contributed by atoms with Gasteiger partial charge in [0.2, 0.25) is 5.91 Å². The molecule has 0 N–H and O–H groups in total. The molecule has 25 heavy (non-hydrogen) atoms. The Morgan fingerprint density at radius 2 is 1.60 bits per heavy atom. The number of carbonyl (C=O) groups excluding carboxylic acids is 2. The van der Waals surface area contributed by atoms with Gasteiger partial charge in [-0.05, 0) is 32.1 Å². The van der Waals surface area contributed by atoms with Crippen molar-refractivity contribution >= 4 is 11.9 Å². The van der Waals surface area contributed by atoms with E-state index in [0.717, 1.165) is 6.42 Å². The maximum atomic E-state index is 12.7. The smallest absolute Gasteiger partial charge is 0.309 e. The topological polar surface area (TPSA) is 55.8 Å². The SMILES string of the molecule is CCC(C)C(C(CC(=O)OC(C)(C)C)OC)N(C)C(=O)CC(C)(C)C. The van der Waals surface area contributed by atoms with E-state index in [1.807, 2.05) is 48.6 Å². The third-order valence-corrected chi connectivity index (χ3v) is 4.22. The maximum Gasteiger partial charge on any atom is 0.309 e. The summed E-state index contributed by atoms with van der Waals surface area (Å²) in [4.78, 5) is 26.7. The lowest BCUT2D eigenvalue weighted by Crippen LogP contribution is -2.50. The molecule has 0 fully saturated rings. The van der Waals surface area contributed by atoms with E-state index in [9.17, 15) is 9.59 Å². The van der Waals surface area contributed by atoms with Gasteiger partial charge in [0.05, 0.1) is 18.6 Å². The molecular formula is C20H39NO4. The van der Waals surface area contributed by atoms with Crippen LogP contribution in [0.1, 0.15) is 74.7 Å². The molecule has 0 saturated carbocycles. The van der Waals surface area contributed by atoms with Crippen LogP contribution in [-0.2, 0) is 19.1 Å². The molecule has 0 radical (unpaired) electrons. The largest absolute Gasteiger partial charge is 0.460 e. The number of amides is 1. The van der Waals surface area contributed by atoms with Crippen LogP contribution in [0.3, 0.4) is 0 Å². The van der Waals surface area contributed by atoms with Gasteiger partial charge in [0.1, 0.15) is 5.60 Å². The highest BCUT2D eigenvalue weighted by Crippen LogP contribution is 2.26. The monoisotopic (exact) mass is 357 g/mol. The van der Waals surface area contributed by atoms with Gasteiger partial charge in [-0.3, -0.25) is 9.59 Å². The number of likely N-dealkylation sites (N-methyl/N-ethyl adjacent to an activating group) is 1. The van der Waals surface area contributed by atoms with Crippen LogP contribution in [0.2, 0.25) is 0 Å². The van der Waals surface area contributed by atoms with E-state index in [1.54, 1.807) is 12.0 Å². The Kier molecular flexibility index (Phi) is 9.14. The maximum absolute atomic E-state index is 12.7. The zero-order valence-electron chi connectivity index (χ0n) is 17.9. The first-order chi connectivity index (χ1) is 11.2. The fraction of sp³-hybridized carbons (Fsp3) is 0.900. The minimum Gasteiger partial charge on any atom is -0.460 e. The Hall–Kier alpha value is -1.10. The molecule has 0 aromatic carbocycles. The van der Waals surface area contributed by atoms with Crippen LogP contribution in [0.5, 0.6) is 0 Å². The third-order valence-electron chi connectivity index (χ3n) is 4.22. The Balaban J connectivity index is 5.32. The summed E-state index contributed by atoms with van der Waals surface area (Å²) in [5, 5.41) is 0. The number of hydrogen-bond donors (Lipinski definition) is 0. The summed E-state index contributed by atoms with van der Waals surface area (Å²) in [5.74, 6) is -0.0188. The van der Waals surface area contributed by atoms with Gasteiger partial charge in [-0.1, -0.05) is 41.0 Å². The number of hydrogen-bond acceptors (Lipinski definition) is 4. The highest BCUT2D eigenvalue weighted by atomic mass is 16.6. The van der Waals surface area contributed by atoms with E-state index < -0.39 is 11.7 Å². The number of ether oxygens (including phenoxy) is 2. The first-order valence-electron chi connectivity index (χ1n) is 9.22. The van der Waals surface area contributed by atoms with E-state index >= 15 is 0 Å². The number of carbonyl (C=O) groups is 2. The molecule has 0 aromatic rings. The minimum atomic E-state index is -0.533. The zero-order chi connectivity index (χ0) is 20.0. The number of methoxy groups -OCH3 is 1. The van der Waals surface area contributed by atoms with Gasteiger partial charge in [-0.15, -0.1) is 0 Å². The normalized spacial score (nSPS) is 16.1. The van der Waals surface area contributed by atoms with Crippen LogP contribution in [0.25, 0.3) is 0 Å². The van der Waals surface area contributed by atoms with Crippen molar-refractivity contribution in [3.63, 3.8) is 0 Å². The summed E-state index contributed by atoms with van der Waals surface area (Å²) < 4.78 is 11.1. The van der Waals surface area contributed by atoms with Gasteiger partial charge >= 0.3 is 5.97 Å². The van der Waals surface area contributed by atoms with E-state index in [4.69, 9.17) is 9.47 Å². The first-order valence-corrected chi connectivity index (χ1v) is 9.22. The van der Waals surface area contributed by atoms with Crippen molar-refractivity contribution in [1.82, 2.24) is 4.90 Å². The van der Waals surface area contributed by atoms with E-state index in [1.165, 1.54) is 0 Å². The quantitative estimate of drug-likeness (QED) is 0.615. The minimum absolute atomic E-state index is 0.0732. The van der Waals surface area contributed by atoms with E-state index in [-0.39, 0.29) is 35.7 Å². The van der Waals surface area contributed by atoms with Crippen molar-refractivity contribution in [2.45, 2.75) is 92.4 Å². The second-order valence-electron chi connectivity index (χ2n) is 9.18. The molecule has 5 heteroatoms. The standard InChI is InChI=1S/C20H39NO4/c1-11-14(2)18(21(9)16(22)13-19(3,4)5)15(24-10)12-17(23)25-20(6,7)8/h14-15,18H,11-13H2,1-10H3. The van der Waals surface area contributed by atoms with E-state index in [2.05, 4.69) is 13.8 Å². The summed E-state index contributed by atoms with van der Waals surface area (Å²) in [6, 6.07) is -0.169. The Bertz CT molecular complexity index is 434. The molecule has 0 aromatic heterocycles. The second kappa shape index (κ2) is 9.56. The van der Waals surface area contributed by atoms with E-state index in [0.29, 0.717) is 6.42 Å². The van der Waals surface area contributed by atoms with Gasteiger partial charge in [-0.2, -0.15) is 0 Å². The van der Waals surface area contributed by atoms with Crippen molar-refractivity contribution in [3.8, 4) is 0 Å². The van der Waals surface area contributed by atoms with Crippen LogP contribution in [0.15, 0.2) is 0 Å². The predicted octanol–water partition coefficient (Wildman–Crippen LogP) is 4.04. The lowest BCUT2D eigenvalue weighted by Gasteiger charge is -2.38. The van der Waals surface area contributed by atoms with Crippen molar-refractivity contribution in [1.29, 1.82) is 0 Å². The summed E-state index contributed by atoms with van der Waals surface area (Å²) in [5.41, 5.74) is -0.617. The Labute approximate surface area is 154 Å². The predicted molar refractivity (Wildman–Crippen MR) is 101 cm³/mol. The summed E-state index contributed by atoms with van der Waals surface area (Å²) >= 11 is 0. The highest BCUT2D eigenvalue weighted by Gasteiger charge is 2.35. The molecule has 0 heterocycles. The number of rotatable bonds is 8. The molecule has 0 spiro atoms. The molecule has 3 unspecified atom stereocenters. The van der Waals surface area contributed by atoms with Crippen molar-refractivity contribution < 1.29 is 19.1 Å². The number of nitrogens with zero attached hydrogens (tertiary/aromatic N) is 1. The summed E-state index contributed by atoms with van der Waals surface area (Å²) in [6.45, 7) is 15.8. The molecular weight excluding hydrogens is 318 g/mol. The average molecular weight is 358 g/mol. The fourth-order valence-corrected chi connectivity index (χ4v) is 2.87. The van der Waals surface area contributed by atoms with Crippen molar-refractivity contribution in [2.24, 2.45) is 11.3 Å². The lowest BCUT2D eigenvalue weighted by molar-refractivity contribution is -0.160. The van der Waals surface area contributed by atoms with Crippen LogP contribution in [-0.4, -0.2) is 48.7 Å². The average Bonchev–Trinajstić information content (AvgIpc) is 2.41. The Morgan fingerprint density at radius 3 is 1.96 bits per heavy atom. The van der Waals surface area contributed by atoms with Gasteiger partial charge < -0.3 is 14.4 Å². The molecule has 5 nitrogen and oxygen atoms in total. The molecule has 0 aliphatic carbocycles. The molecule has 0 aliphatic heterocycles. The van der Waals surface area contributed by atoms with Crippen LogP contribution in [0.4, 0.5) is 0 Å². The molecule has 0 aliphatic rings. The Morgan fingerprint density at radius 1 is 1.08 bits per heavy atom. The fourth-order valence-electron chi connectivity index (χ4n) is 2.87. The highest BCUT2D eigenvalue weighted by molar-refractivity contribution is 5.77. The summed E-state index contributed by atoms with van der Waals surface area (Å²) in [7, 11) is 3.40. The molecule has 148 valence electrons. The van der Waals surface area contributed by atoms with Crippen molar-refractivity contribution in [2.75, 3.05) is 14.2 Å². The van der Waals surface area contributed by atoms with Gasteiger partial charge in [0.15, 0.2) is 0 Å². The van der Waals surface area contributed by atoms with Crippen LogP contribution < -0.4 is 0 Å². The molecule has 0 rings (SSSR count). The molecule has 0 bridgehead atoms. The van der Waals surface area contributed by atoms with Gasteiger partial charge in [0.25, 0.3) is 0 Å². The number of esters is 1. The van der Waals surface area contributed by atoms with Crippen LogP contribution >= 0.6 is 0 Å². The first kappa shape index (κ1) is 23.9. The zero-order valence-corrected chi connectivity index (χ0v) is 17.9. The van der Waals surface area contributed by atoms with Gasteiger partial charge in [0, 0.05) is 20.6 Å². The van der Waals surface area contributed by atoms with Gasteiger partial charge in [-0.25, -0.2) is 0 Å². The molecule has 3 atom stereocenters. The lowest BCUT2D eigenvalue weighted by atomic mass is 9.88. The van der Waals surface area contributed by atoms with Crippen molar-refractivity contribution in [3.05, 3.63) is 0 Å². The second-order valence-corrected chi connectivity index (χ2v) is 9.18. The molecule has 1 amide bonds. The summed E-state index contributed by atoms with van der Waals surface area (Å²) in [6.07, 6.45) is 1.10. The third kappa shape index (κ3) is 9.24.